The van der Waals surface area contributed by atoms with Crippen molar-refractivity contribution in [3.05, 3.63) is 53.5 Å². The largest absolute Gasteiger partial charge is 0.493 e. The molecule has 7 heteroatoms. The maximum Gasteiger partial charge on any atom is 0.191 e. The zero-order valence-corrected chi connectivity index (χ0v) is 18.0. The number of aliphatic imine (C=N–C) groups is 1. The van der Waals surface area contributed by atoms with Crippen molar-refractivity contribution in [3.8, 4) is 11.5 Å². The SMILES string of the molecule is CN=C(NCCCc1nc2ccccc2s1)NCC(C)Oc1ccccc1OC. The van der Waals surface area contributed by atoms with Crippen molar-refractivity contribution in [1.82, 2.24) is 15.6 Å². The lowest BCUT2D eigenvalue weighted by molar-refractivity contribution is 0.213. The van der Waals surface area contributed by atoms with Gasteiger partial charge in [0.15, 0.2) is 17.5 Å². The lowest BCUT2D eigenvalue weighted by Gasteiger charge is -2.19. The number of hydrogen-bond donors (Lipinski definition) is 2. The summed E-state index contributed by atoms with van der Waals surface area (Å²) in [6.45, 7) is 3.48. The zero-order chi connectivity index (χ0) is 20.5. The van der Waals surface area contributed by atoms with Crippen LogP contribution in [0.2, 0.25) is 0 Å². The Morgan fingerprint density at radius 1 is 1.10 bits per heavy atom. The van der Waals surface area contributed by atoms with E-state index < -0.39 is 0 Å². The number of benzene rings is 2. The third-order valence-corrected chi connectivity index (χ3v) is 5.47. The van der Waals surface area contributed by atoms with Gasteiger partial charge in [0.1, 0.15) is 6.10 Å². The van der Waals surface area contributed by atoms with E-state index in [1.807, 2.05) is 37.3 Å². The van der Waals surface area contributed by atoms with Crippen molar-refractivity contribution in [2.75, 3.05) is 27.2 Å². The second-order valence-electron chi connectivity index (χ2n) is 6.64. The number of para-hydroxylation sites is 3. The molecule has 29 heavy (non-hydrogen) atoms. The minimum atomic E-state index is -0.0346. The molecule has 0 aliphatic heterocycles. The Morgan fingerprint density at radius 3 is 2.62 bits per heavy atom. The quantitative estimate of drug-likeness (QED) is 0.317. The van der Waals surface area contributed by atoms with E-state index in [9.17, 15) is 0 Å². The molecule has 154 valence electrons. The fourth-order valence-electron chi connectivity index (χ4n) is 2.91. The van der Waals surface area contributed by atoms with Gasteiger partial charge in [-0.25, -0.2) is 4.98 Å². The summed E-state index contributed by atoms with van der Waals surface area (Å²) >= 11 is 1.77. The number of ether oxygens (including phenoxy) is 2. The van der Waals surface area contributed by atoms with Crippen LogP contribution in [0.4, 0.5) is 0 Å². The maximum absolute atomic E-state index is 5.97. The number of thiazole rings is 1. The van der Waals surface area contributed by atoms with Crippen LogP contribution in [-0.2, 0) is 6.42 Å². The molecule has 0 saturated heterocycles. The molecule has 1 atom stereocenters. The van der Waals surface area contributed by atoms with Gasteiger partial charge in [0.25, 0.3) is 0 Å². The molecule has 0 saturated carbocycles. The van der Waals surface area contributed by atoms with Crippen LogP contribution in [0.25, 0.3) is 10.2 Å². The molecule has 0 aliphatic rings. The monoisotopic (exact) mass is 412 g/mol. The fraction of sp³-hybridized carbons (Fsp3) is 0.364. The van der Waals surface area contributed by atoms with Crippen LogP contribution in [0.3, 0.4) is 0 Å². The predicted molar refractivity (Wildman–Crippen MR) is 120 cm³/mol. The summed E-state index contributed by atoms with van der Waals surface area (Å²) in [7, 11) is 3.42. The number of hydrogen-bond acceptors (Lipinski definition) is 5. The highest BCUT2D eigenvalue weighted by Gasteiger charge is 2.09. The third-order valence-electron chi connectivity index (χ3n) is 4.38. The van der Waals surface area contributed by atoms with Crippen LogP contribution < -0.4 is 20.1 Å². The van der Waals surface area contributed by atoms with Gasteiger partial charge < -0.3 is 20.1 Å². The number of guanidine groups is 1. The van der Waals surface area contributed by atoms with Crippen LogP contribution in [0.1, 0.15) is 18.4 Å². The van der Waals surface area contributed by atoms with Gasteiger partial charge in [-0.1, -0.05) is 24.3 Å². The normalized spacial score (nSPS) is 12.6. The van der Waals surface area contributed by atoms with Crippen molar-refractivity contribution in [2.45, 2.75) is 25.9 Å². The Hall–Kier alpha value is -2.80. The average molecular weight is 413 g/mol. The molecule has 2 aromatic carbocycles. The molecular weight excluding hydrogens is 384 g/mol. The lowest BCUT2D eigenvalue weighted by Crippen LogP contribution is -2.42. The minimum Gasteiger partial charge on any atom is -0.493 e. The summed E-state index contributed by atoms with van der Waals surface area (Å²) < 4.78 is 12.5. The van der Waals surface area contributed by atoms with Gasteiger partial charge in [-0.05, 0) is 37.6 Å². The summed E-state index contributed by atoms with van der Waals surface area (Å²) in [5.41, 5.74) is 1.09. The first-order chi connectivity index (χ1) is 14.2. The molecule has 0 bridgehead atoms. The first-order valence-corrected chi connectivity index (χ1v) is 10.6. The van der Waals surface area contributed by atoms with Crippen LogP contribution in [0.5, 0.6) is 11.5 Å². The molecule has 1 aromatic heterocycles. The number of rotatable bonds is 9. The van der Waals surface area contributed by atoms with E-state index in [2.05, 4.69) is 38.8 Å². The zero-order valence-electron chi connectivity index (χ0n) is 17.1. The summed E-state index contributed by atoms with van der Waals surface area (Å²) in [4.78, 5) is 8.96. The van der Waals surface area contributed by atoms with E-state index in [-0.39, 0.29) is 6.10 Å². The maximum atomic E-state index is 5.97. The topological polar surface area (TPSA) is 67.8 Å². The Morgan fingerprint density at radius 2 is 1.86 bits per heavy atom. The highest BCUT2D eigenvalue weighted by Crippen LogP contribution is 2.26. The fourth-order valence-corrected chi connectivity index (χ4v) is 3.92. The molecule has 2 N–H and O–H groups in total. The molecule has 0 radical (unpaired) electrons. The Balaban J connectivity index is 1.38. The molecule has 3 aromatic rings. The van der Waals surface area contributed by atoms with Crippen molar-refractivity contribution >= 4 is 27.5 Å². The smallest absolute Gasteiger partial charge is 0.191 e. The van der Waals surface area contributed by atoms with Gasteiger partial charge in [0.2, 0.25) is 0 Å². The van der Waals surface area contributed by atoms with Crippen molar-refractivity contribution in [2.24, 2.45) is 4.99 Å². The first kappa shape index (κ1) is 20.9. The van der Waals surface area contributed by atoms with Crippen LogP contribution >= 0.6 is 11.3 Å². The number of nitrogens with one attached hydrogen (secondary N) is 2. The van der Waals surface area contributed by atoms with E-state index in [4.69, 9.17) is 9.47 Å². The predicted octanol–water partition coefficient (Wildman–Crippen LogP) is 3.87. The van der Waals surface area contributed by atoms with Crippen LogP contribution in [0.15, 0.2) is 53.5 Å². The van der Waals surface area contributed by atoms with Crippen LogP contribution in [-0.4, -0.2) is 44.3 Å². The van der Waals surface area contributed by atoms with Gasteiger partial charge in [0.05, 0.1) is 28.9 Å². The Bertz CT molecular complexity index is 908. The van der Waals surface area contributed by atoms with E-state index >= 15 is 0 Å². The summed E-state index contributed by atoms with van der Waals surface area (Å²) in [5, 5.41) is 7.83. The number of methoxy groups -OCH3 is 1. The second-order valence-corrected chi connectivity index (χ2v) is 7.75. The molecule has 0 aliphatic carbocycles. The Labute approximate surface area is 176 Å². The van der Waals surface area contributed by atoms with E-state index in [1.165, 1.54) is 9.71 Å². The minimum absolute atomic E-state index is 0.0346. The van der Waals surface area contributed by atoms with Crippen molar-refractivity contribution in [1.29, 1.82) is 0 Å². The highest BCUT2D eigenvalue weighted by molar-refractivity contribution is 7.18. The molecule has 1 unspecified atom stereocenters. The highest BCUT2D eigenvalue weighted by atomic mass is 32.1. The average Bonchev–Trinajstić information content (AvgIpc) is 3.16. The number of aromatic nitrogens is 1. The first-order valence-electron chi connectivity index (χ1n) is 9.78. The summed E-state index contributed by atoms with van der Waals surface area (Å²) in [5.74, 6) is 2.24. The van der Waals surface area contributed by atoms with E-state index in [1.54, 1.807) is 25.5 Å². The van der Waals surface area contributed by atoms with E-state index in [0.29, 0.717) is 6.54 Å². The molecule has 1 heterocycles. The number of fused-ring (bicyclic) bond motifs is 1. The van der Waals surface area contributed by atoms with Crippen molar-refractivity contribution in [3.63, 3.8) is 0 Å². The molecular formula is C22H28N4O2S. The Kier molecular flexibility index (Phi) is 7.69. The molecule has 3 rings (SSSR count). The third kappa shape index (κ3) is 6.09. The van der Waals surface area contributed by atoms with Gasteiger partial charge >= 0.3 is 0 Å². The summed E-state index contributed by atoms with van der Waals surface area (Å²) in [6, 6.07) is 15.9. The van der Waals surface area contributed by atoms with Crippen LogP contribution in [0, 0.1) is 0 Å². The number of aryl methyl sites for hydroxylation is 1. The molecule has 0 amide bonds. The molecule has 0 spiro atoms. The standard InChI is InChI=1S/C22H28N4O2S/c1-16(28-19-11-6-5-10-18(19)27-3)15-25-22(23-2)24-14-8-13-21-26-17-9-4-7-12-20(17)29-21/h4-7,9-12,16H,8,13-15H2,1-3H3,(H2,23,24,25). The van der Waals surface area contributed by atoms with Gasteiger partial charge in [-0.15, -0.1) is 11.3 Å². The summed E-state index contributed by atoms with van der Waals surface area (Å²) in [6.07, 6.45) is 1.91. The van der Waals surface area contributed by atoms with E-state index in [0.717, 1.165) is 42.4 Å². The van der Waals surface area contributed by atoms with Gasteiger partial charge in [-0.3, -0.25) is 4.99 Å². The lowest BCUT2D eigenvalue weighted by atomic mass is 10.3. The second kappa shape index (κ2) is 10.7. The van der Waals surface area contributed by atoms with Crippen molar-refractivity contribution < 1.29 is 9.47 Å². The van der Waals surface area contributed by atoms with Gasteiger partial charge in [-0.2, -0.15) is 0 Å². The molecule has 0 fully saturated rings. The number of nitrogens with zero attached hydrogens (tertiary/aromatic N) is 2. The van der Waals surface area contributed by atoms with Gasteiger partial charge in [0, 0.05) is 20.0 Å². The molecule has 6 nitrogen and oxygen atoms in total.